The van der Waals surface area contributed by atoms with Gasteiger partial charge in [0.05, 0.1) is 12.1 Å². The van der Waals surface area contributed by atoms with Crippen LogP contribution in [0.15, 0.2) is 67.0 Å². The van der Waals surface area contributed by atoms with E-state index in [9.17, 15) is 0 Å². The lowest BCUT2D eigenvalue weighted by Crippen LogP contribution is -2.12. The van der Waals surface area contributed by atoms with Crippen LogP contribution in [0, 0.1) is 0 Å². The Labute approximate surface area is 183 Å². The number of hydrogen-bond acceptors (Lipinski definition) is 4. The summed E-state index contributed by atoms with van der Waals surface area (Å²) < 4.78 is 11.3. The lowest BCUT2D eigenvalue weighted by Gasteiger charge is -2.14. The topological polar surface area (TPSA) is 43.4 Å². The second-order valence-electron chi connectivity index (χ2n) is 5.85. The molecular weight excluding hydrogens is 419 g/mol. The zero-order valence-corrected chi connectivity index (χ0v) is 17.8. The molecule has 0 aliphatic carbocycles. The van der Waals surface area contributed by atoms with Gasteiger partial charge in [0.25, 0.3) is 0 Å². The van der Waals surface area contributed by atoms with Crippen LogP contribution in [0.2, 0.25) is 5.02 Å². The molecule has 2 aromatic carbocycles. The molecule has 1 heterocycles. The highest BCUT2D eigenvalue weighted by atomic mass is 35.5. The Morgan fingerprint density at radius 1 is 0.929 bits per heavy atom. The highest BCUT2D eigenvalue weighted by molar-refractivity contribution is 6.32. The number of methoxy groups -OCH3 is 1. The maximum absolute atomic E-state index is 6.43. The van der Waals surface area contributed by atoms with E-state index in [1.165, 1.54) is 5.56 Å². The van der Waals surface area contributed by atoms with Crippen LogP contribution in [-0.4, -0.2) is 12.1 Å². The quantitative estimate of drug-likeness (QED) is 0.504. The van der Waals surface area contributed by atoms with E-state index in [1.807, 2.05) is 42.5 Å². The molecule has 0 unspecified atom stereocenters. The molecule has 150 valence electrons. The Bertz CT molecular complexity index is 834. The fraction of sp³-hybridized carbons (Fsp3) is 0.190. The lowest BCUT2D eigenvalue weighted by atomic mass is 10.2. The Morgan fingerprint density at radius 2 is 1.64 bits per heavy atom. The Morgan fingerprint density at radius 3 is 2.32 bits per heavy atom. The van der Waals surface area contributed by atoms with Gasteiger partial charge < -0.3 is 14.8 Å². The molecule has 0 spiro atoms. The summed E-state index contributed by atoms with van der Waals surface area (Å²) >= 11 is 6.43. The molecule has 0 bridgehead atoms. The van der Waals surface area contributed by atoms with Crippen LogP contribution in [-0.2, 0) is 19.7 Å². The third kappa shape index (κ3) is 6.88. The number of rotatable bonds is 8. The van der Waals surface area contributed by atoms with Crippen molar-refractivity contribution in [3.8, 4) is 11.5 Å². The van der Waals surface area contributed by atoms with Gasteiger partial charge in [-0.1, -0.05) is 48.0 Å². The standard InChI is InChI=1S/C21H21ClN2O2.2ClH/c1-25-20-11-18(14-24-12-16-6-3-2-4-7-16)10-19(22)21(20)26-15-17-8-5-9-23-13-17;;/h2-11,13,24H,12,14-15H2,1H3;2*1H. The van der Waals surface area contributed by atoms with E-state index < -0.39 is 0 Å². The van der Waals surface area contributed by atoms with Gasteiger partial charge in [0.1, 0.15) is 6.61 Å². The van der Waals surface area contributed by atoms with Gasteiger partial charge in [0.15, 0.2) is 11.5 Å². The van der Waals surface area contributed by atoms with Gasteiger partial charge in [-0.2, -0.15) is 0 Å². The molecular formula is C21H23Cl3N2O2. The normalized spacial score (nSPS) is 9.79. The Hall–Kier alpha value is -1.98. The first-order valence-corrected chi connectivity index (χ1v) is 8.77. The largest absolute Gasteiger partial charge is 0.493 e. The third-order valence-corrected chi connectivity index (χ3v) is 4.18. The molecule has 0 fully saturated rings. The summed E-state index contributed by atoms with van der Waals surface area (Å²) in [6, 6.07) is 17.9. The van der Waals surface area contributed by atoms with Crippen molar-refractivity contribution >= 4 is 36.4 Å². The van der Waals surface area contributed by atoms with Gasteiger partial charge in [-0.25, -0.2) is 0 Å². The zero-order chi connectivity index (χ0) is 18.2. The van der Waals surface area contributed by atoms with Gasteiger partial charge in [-0.15, -0.1) is 24.8 Å². The molecule has 7 heteroatoms. The highest BCUT2D eigenvalue weighted by Gasteiger charge is 2.12. The minimum atomic E-state index is 0. The van der Waals surface area contributed by atoms with Crippen LogP contribution in [0.4, 0.5) is 0 Å². The first kappa shape index (κ1) is 24.1. The zero-order valence-electron chi connectivity index (χ0n) is 15.4. The minimum Gasteiger partial charge on any atom is -0.493 e. The van der Waals surface area contributed by atoms with Gasteiger partial charge in [0, 0.05) is 31.0 Å². The monoisotopic (exact) mass is 440 g/mol. The average Bonchev–Trinajstić information content (AvgIpc) is 2.68. The molecule has 4 nitrogen and oxygen atoms in total. The van der Waals surface area contributed by atoms with Crippen molar-refractivity contribution in [1.82, 2.24) is 10.3 Å². The molecule has 3 aromatic rings. The molecule has 0 aliphatic heterocycles. The fourth-order valence-electron chi connectivity index (χ4n) is 2.60. The number of hydrogen-bond donors (Lipinski definition) is 1. The van der Waals surface area contributed by atoms with Crippen molar-refractivity contribution in [2.24, 2.45) is 0 Å². The molecule has 0 saturated carbocycles. The maximum atomic E-state index is 6.43. The highest BCUT2D eigenvalue weighted by Crippen LogP contribution is 2.37. The summed E-state index contributed by atoms with van der Waals surface area (Å²) in [6.07, 6.45) is 3.50. The van der Waals surface area contributed by atoms with Crippen LogP contribution in [0.1, 0.15) is 16.7 Å². The smallest absolute Gasteiger partial charge is 0.180 e. The van der Waals surface area contributed by atoms with E-state index in [2.05, 4.69) is 22.4 Å². The van der Waals surface area contributed by atoms with Crippen LogP contribution < -0.4 is 14.8 Å². The number of aromatic nitrogens is 1. The SMILES string of the molecule is COc1cc(CNCc2ccccc2)cc(Cl)c1OCc1cccnc1.Cl.Cl. The van der Waals surface area contributed by atoms with Crippen molar-refractivity contribution in [3.63, 3.8) is 0 Å². The number of halogens is 3. The first-order valence-electron chi connectivity index (χ1n) is 8.39. The van der Waals surface area contributed by atoms with E-state index in [-0.39, 0.29) is 24.8 Å². The Kier molecular flexibility index (Phi) is 10.7. The third-order valence-electron chi connectivity index (χ3n) is 3.90. The van der Waals surface area contributed by atoms with Crippen LogP contribution in [0.5, 0.6) is 11.5 Å². The summed E-state index contributed by atoms with van der Waals surface area (Å²) in [6.45, 7) is 1.86. The summed E-state index contributed by atoms with van der Waals surface area (Å²) in [5.41, 5.74) is 3.25. The first-order chi connectivity index (χ1) is 12.8. The molecule has 1 N–H and O–H groups in total. The number of pyridine rings is 1. The second kappa shape index (κ2) is 12.5. The summed E-state index contributed by atoms with van der Waals surface area (Å²) in [7, 11) is 1.61. The predicted molar refractivity (Wildman–Crippen MR) is 118 cm³/mol. The minimum absolute atomic E-state index is 0. The maximum Gasteiger partial charge on any atom is 0.180 e. The molecule has 28 heavy (non-hydrogen) atoms. The van der Waals surface area contributed by atoms with E-state index in [0.29, 0.717) is 29.7 Å². The summed E-state index contributed by atoms with van der Waals surface area (Å²) in [5, 5.41) is 3.94. The van der Waals surface area contributed by atoms with Crippen LogP contribution >= 0.6 is 36.4 Å². The second-order valence-corrected chi connectivity index (χ2v) is 6.26. The molecule has 0 atom stereocenters. The lowest BCUT2D eigenvalue weighted by molar-refractivity contribution is 0.284. The van der Waals surface area contributed by atoms with Gasteiger partial charge >= 0.3 is 0 Å². The van der Waals surface area contributed by atoms with Crippen molar-refractivity contribution in [2.45, 2.75) is 19.7 Å². The van der Waals surface area contributed by atoms with Crippen molar-refractivity contribution in [1.29, 1.82) is 0 Å². The summed E-state index contributed by atoms with van der Waals surface area (Å²) in [4.78, 5) is 4.08. The van der Waals surface area contributed by atoms with Gasteiger partial charge in [0.2, 0.25) is 0 Å². The molecule has 0 radical (unpaired) electrons. The number of nitrogens with one attached hydrogen (secondary N) is 1. The molecule has 1 aromatic heterocycles. The molecule has 3 rings (SSSR count). The van der Waals surface area contributed by atoms with Crippen LogP contribution in [0.3, 0.4) is 0 Å². The molecule has 0 amide bonds. The fourth-order valence-corrected chi connectivity index (χ4v) is 2.89. The van der Waals surface area contributed by atoms with Crippen molar-refractivity contribution in [2.75, 3.05) is 7.11 Å². The molecule has 0 aliphatic rings. The van der Waals surface area contributed by atoms with Gasteiger partial charge in [-0.3, -0.25) is 4.98 Å². The van der Waals surface area contributed by atoms with Crippen molar-refractivity contribution in [3.05, 3.63) is 88.7 Å². The van der Waals surface area contributed by atoms with Crippen molar-refractivity contribution < 1.29 is 9.47 Å². The van der Waals surface area contributed by atoms with E-state index in [0.717, 1.165) is 17.7 Å². The average molecular weight is 442 g/mol. The van der Waals surface area contributed by atoms with Crippen LogP contribution in [0.25, 0.3) is 0 Å². The van der Waals surface area contributed by atoms with Gasteiger partial charge in [-0.05, 0) is 29.3 Å². The number of ether oxygens (including phenoxy) is 2. The van der Waals surface area contributed by atoms with E-state index in [1.54, 1.807) is 19.5 Å². The number of benzene rings is 2. The van der Waals surface area contributed by atoms with E-state index >= 15 is 0 Å². The number of nitrogens with zero attached hydrogens (tertiary/aromatic N) is 1. The predicted octanol–water partition coefficient (Wildman–Crippen LogP) is 5.46. The molecule has 0 saturated heterocycles. The van der Waals surface area contributed by atoms with E-state index in [4.69, 9.17) is 21.1 Å². The summed E-state index contributed by atoms with van der Waals surface area (Å²) in [5.74, 6) is 1.17. The Balaban J connectivity index is 0.00000196.